The van der Waals surface area contributed by atoms with Crippen LogP contribution in [0.25, 0.3) is 22.0 Å². The Bertz CT molecular complexity index is 1310. The van der Waals surface area contributed by atoms with Gasteiger partial charge in [-0.1, -0.05) is 0 Å². The molecule has 1 aliphatic rings. The largest absolute Gasteiger partial charge is 0.508 e. The molecule has 7 nitrogen and oxygen atoms in total. The average molecular weight is 444 g/mol. The molecule has 0 radical (unpaired) electrons. The molecule has 0 saturated heterocycles. The molecule has 0 atom stereocenters. The Balaban J connectivity index is 1.62. The molecule has 0 aliphatic carbocycles. The first kappa shape index (κ1) is 21.4. The molecule has 0 spiro atoms. The van der Waals surface area contributed by atoms with Crippen molar-refractivity contribution in [3.63, 3.8) is 0 Å². The predicted molar refractivity (Wildman–Crippen MR) is 131 cm³/mol. The van der Waals surface area contributed by atoms with E-state index in [1.807, 2.05) is 37.8 Å². The van der Waals surface area contributed by atoms with E-state index in [0.717, 1.165) is 64.2 Å². The highest BCUT2D eigenvalue weighted by atomic mass is 16.3. The Morgan fingerprint density at radius 3 is 2.61 bits per heavy atom. The number of aromatic hydroxyl groups is 1. The number of pyridine rings is 1. The van der Waals surface area contributed by atoms with Gasteiger partial charge in [-0.05, 0) is 55.3 Å². The number of nitrogens with zero attached hydrogens (tertiary/aromatic N) is 5. The van der Waals surface area contributed by atoms with Crippen molar-refractivity contribution in [3.05, 3.63) is 66.1 Å². The van der Waals surface area contributed by atoms with Gasteiger partial charge in [0.2, 0.25) is 0 Å². The van der Waals surface area contributed by atoms with Gasteiger partial charge in [0.25, 0.3) is 0 Å². The van der Waals surface area contributed by atoms with Gasteiger partial charge in [0.05, 0.1) is 18.3 Å². The predicted octanol–water partition coefficient (Wildman–Crippen LogP) is 4.20. The number of phenolic OH excluding ortho intramolecular Hbond substituents is 1. The van der Waals surface area contributed by atoms with Crippen LogP contribution in [0, 0.1) is 0 Å². The third-order valence-corrected chi connectivity index (χ3v) is 6.48. The van der Waals surface area contributed by atoms with Crippen molar-refractivity contribution in [1.82, 2.24) is 19.7 Å². The summed E-state index contributed by atoms with van der Waals surface area (Å²) in [6.45, 7) is 6.67. The highest BCUT2D eigenvalue weighted by molar-refractivity contribution is 5.87. The van der Waals surface area contributed by atoms with E-state index < -0.39 is 0 Å². The number of hydrogen-bond donors (Lipinski definition) is 2. The number of aliphatic hydroxyl groups is 1. The summed E-state index contributed by atoms with van der Waals surface area (Å²) in [5.74, 6) is 0.169. The molecule has 0 fully saturated rings. The molecule has 0 bridgehead atoms. The molecule has 1 aliphatic heterocycles. The van der Waals surface area contributed by atoms with E-state index in [0.29, 0.717) is 6.04 Å². The Morgan fingerprint density at radius 2 is 1.88 bits per heavy atom. The second kappa shape index (κ2) is 8.50. The van der Waals surface area contributed by atoms with Crippen LogP contribution in [0.3, 0.4) is 0 Å². The normalized spacial score (nSPS) is 14.6. The number of aryl methyl sites for hydroxylation is 1. The minimum absolute atomic E-state index is 0.105. The van der Waals surface area contributed by atoms with Gasteiger partial charge in [0, 0.05) is 79.1 Å². The zero-order chi connectivity index (χ0) is 23.1. The van der Waals surface area contributed by atoms with Crippen LogP contribution >= 0.6 is 0 Å². The summed E-state index contributed by atoms with van der Waals surface area (Å²) in [6, 6.07) is 12.3. The number of rotatable bonds is 4. The molecule has 0 unspecified atom stereocenters. The smallest absolute Gasteiger partial charge is 0.118 e. The third kappa shape index (κ3) is 4.05. The summed E-state index contributed by atoms with van der Waals surface area (Å²) in [4.78, 5) is 9.30. The zero-order valence-electron chi connectivity index (χ0n) is 19.2. The lowest BCUT2D eigenvalue weighted by Crippen LogP contribution is -2.34. The summed E-state index contributed by atoms with van der Waals surface area (Å²) >= 11 is 0. The van der Waals surface area contributed by atoms with Gasteiger partial charge in [0.1, 0.15) is 5.75 Å². The van der Waals surface area contributed by atoms with Crippen molar-refractivity contribution >= 4 is 22.3 Å². The lowest BCUT2D eigenvalue weighted by atomic mass is 10.0. The van der Waals surface area contributed by atoms with Crippen molar-refractivity contribution in [1.29, 1.82) is 0 Å². The SMILES string of the molecule is CC(C)N1CCN(c2ccc3ncc(-c4cnn(C)c4)cc3c2)c2cc(O)cc(CO)c2C1. The second-order valence-corrected chi connectivity index (χ2v) is 8.98. The molecule has 0 amide bonds. The first-order valence-corrected chi connectivity index (χ1v) is 11.3. The number of benzene rings is 2. The number of anilines is 2. The van der Waals surface area contributed by atoms with E-state index in [-0.39, 0.29) is 12.4 Å². The molecule has 2 N–H and O–H groups in total. The van der Waals surface area contributed by atoms with Crippen LogP contribution in [-0.2, 0) is 20.2 Å². The van der Waals surface area contributed by atoms with Gasteiger partial charge in [0.15, 0.2) is 0 Å². The van der Waals surface area contributed by atoms with Crippen molar-refractivity contribution in [3.8, 4) is 16.9 Å². The summed E-state index contributed by atoms with van der Waals surface area (Å²) < 4.78 is 1.79. The summed E-state index contributed by atoms with van der Waals surface area (Å²) in [6.07, 6.45) is 5.71. The molecule has 4 aromatic rings. The molecule has 7 heteroatoms. The third-order valence-electron chi connectivity index (χ3n) is 6.48. The second-order valence-electron chi connectivity index (χ2n) is 8.98. The Labute approximate surface area is 193 Å². The minimum Gasteiger partial charge on any atom is -0.508 e. The summed E-state index contributed by atoms with van der Waals surface area (Å²) in [7, 11) is 1.91. The number of hydrogen-bond acceptors (Lipinski definition) is 6. The molecule has 170 valence electrons. The van der Waals surface area contributed by atoms with Gasteiger partial charge in [-0.3, -0.25) is 14.6 Å². The van der Waals surface area contributed by atoms with Gasteiger partial charge in [-0.25, -0.2) is 0 Å². The number of aliphatic hydroxyl groups excluding tert-OH is 1. The number of phenols is 1. The Morgan fingerprint density at radius 1 is 1.03 bits per heavy atom. The molecule has 2 aromatic carbocycles. The van der Waals surface area contributed by atoms with E-state index in [1.54, 1.807) is 10.7 Å². The first-order valence-electron chi connectivity index (χ1n) is 11.3. The Hall–Kier alpha value is -3.42. The molecule has 3 heterocycles. The maximum absolute atomic E-state index is 10.4. The quantitative estimate of drug-likeness (QED) is 0.492. The Kier molecular flexibility index (Phi) is 5.52. The molecule has 5 rings (SSSR count). The van der Waals surface area contributed by atoms with Crippen LogP contribution in [0.5, 0.6) is 5.75 Å². The van der Waals surface area contributed by atoms with Gasteiger partial charge in [-0.2, -0.15) is 5.10 Å². The fourth-order valence-electron chi connectivity index (χ4n) is 4.62. The lowest BCUT2D eigenvalue weighted by Gasteiger charge is -2.26. The number of fused-ring (bicyclic) bond motifs is 2. The van der Waals surface area contributed by atoms with E-state index in [2.05, 4.69) is 51.9 Å². The highest BCUT2D eigenvalue weighted by Gasteiger charge is 2.25. The van der Waals surface area contributed by atoms with Crippen LogP contribution in [0.4, 0.5) is 11.4 Å². The topological polar surface area (TPSA) is 77.7 Å². The summed E-state index contributed by atoms with van der Waals surface area (Å²) in [5, 5.41) is 25.7. The van der Waals surface area contributed by atoms with Crippen molar-refractivity contribution in [2.75, 3.05) is 18.0 Å². The fourth-order valence-corrected chi connectivity index (χ4v) is 4.62. The van der Waals surface area contributed by atoms with Crippen LogP contribution in [0.1, 0.15) is 25.0 Å². The van der Waals surface area contributed by atoms with Crippen molar-refractivity contribution in [2.45, 2.75) is 33.0 Å². The van der Waals surface area contributed by atoms with Crippen molar-refractivity contribution in [2.24, 2.45) is 7.05 Å². The molecule has 0 saturated carbocycles. The van der Waals surface area contributed by atoms with E-state index in [1.165, 1.54) is 0 Å². The van der Waals surface area contributed by atoms with E-state index >= 15 is 0 Å². The minimum atomic E-state index is -0.105. The van der Waals surface area contributed by atoms with Crippen molar-refractivity contribution < 1.29 is 10.2 Å². The summed E-state index contributed by atoms with van der Waals surface area (Å²) in [5.41, 5.74) is 6.79. The average Bonchev–Trinajstić information content (AvgIpc) is 3.14. The van der Waals surface area contributed by atoms with Gasteiger partial charge < -0.3 is 15.1 Å². The van der Waals surface area contributed by atoms with Crippen LogP contribution in [-0.4, -0.2) is 49.0 Å². The maximum Gasteiger partial charge on any atom is 0.118 e. The lowest BCUT2D eigenvalue weighted by molar-refractivity contribution is 0.220. The van der Waals surface area contributed by atoms with Gasteiger partial charge in [-0.15, -0.1) is 0 Å². The molecular weight excluding hydrogens is 414 g/mol. The highest BCUT2D eigenvalue weighted by Crippen LogP contribution is 2.38. The van der Waals surface area contributed by atoms with Crippen LogP contribution < -0.4 is 4.90 Å². The standard InChI is InChI=1S/C26H29N5O2/c1-17(2)30-6-7-31(26-11-23(33)10-20(16-32)24(26)15-30)22-4-5-25-18(9-22)8-19(12-27-25)21-13-28-29(3)14-21/h4-5,8-14,17,32-33H,6-7,15-16H2,1-3H3. The number of aromatic nitrogens is 3. The molecular formula is C26H29N5O2. The van der Waals surface area contributed by atoms with Crippen LogP contribution in [0.2, 0.25) is 0 Å². The molecule has 33 heavy (non-hydrogen) atoms. The van der Waals surface area contributed by atoms with E-state index in [9.17, 15) is 10.2 Å². The molecule has 2 aromatic heterocycles. The zero-order valence-corrected chi connectivity index (χ0v) is 19.2. The van der Waals surface area contributed by atoms with E-state index in [4.69, 9.17) is 0 Å². The van der Waals surface area contributed by atoms with Gasteiger partial charge >= 0.3 is 0 Å². The monoisotopic (exact) mass is 443 g/mol. The fraction of sp³-hybridized carbons (Fsp3) is 0.308. The first-order chi connectivity index (χ1) is 15.9. The maximum atomic E-state index is 10.4. The van der Waals surface area contributed by atoms with Crippen LogP contribution in [0.15, 0.2) is 55.0 Å².